The summed E-state index contributed by atoms with van der Waals surface area (Å²) in [5.41, 5.74) is 13.0. The second-order valence-corrected chi connectivity index (χ2v) is 8.90. The van der Waals surface area contributed by atoms with Gasteiger partial charge in [0.05, 0.1) is 6.20 Å². The summed E-state index contributed by atoms with van der Waals surface area (Å²) in [6, 6.07) is 13.9. The number of nitrogens with two attached hydrogens (primary N) is 1. The zero-order valence-electron chi connectivity index (χ0n) is 18.6. The van der Waals surface area contributed by atoms with Crippen LogP contribution in [-0.2, 0) is 25.3 Å². The molecule has 5 rings (SSSR count). The predicted molar refractivity (Wildman–Crippen MR) is 134 cm³/mol. The van der Waals surface area contributed by atoms with Gasteiger partial charge < -0.3 is 16.0 Å². The third kappa shape index (κ3) is 4.53. The van der Waals surface area contributed by atoms with E-state index in [9.17, 15) is 0 Å². The molecule has 170 valence electrons. The molecular formula is C25H28ClN7. The van der Waals surface area contributed by atoms with Crippen LogP contribution in [0.5, 0.6) is 0 Å². The third-order valence-corrected chi connectivity index (χ3v) is 6.23. The molecule has 1 atom stereocenters. The fourth-order valence-corrected chi connectivity index (χ4v) is 4.45. The minimum atomic E-state index is -1.15. The van der Waals surface area contributed by atoms with Gasteiger partial charge in [-0.25, -0.2) is 4.99 Å². The van der Waals surface area contributed by atoms with Gasteiger partial charge >= 0.3 is 0 Å². The Morgan fingerprint density at radius 2 is 2.12 bits per heavy atom. The molecule has 3 heterocycles. The molecule has 2 aromatic carbocycles. The van der Waals surface area contributed by atoms with Gasteiger partial charge in [0.1, 0.15) is 5.84 Å². The molecule has 0 fully saturated rings. The normalized spacial score (nSPS) is 19.8. The molecule has 2 aliphatic rings. The highest BCUT2D eigenvalue weighted by Gasteiger charge is 2.31. The maximum absolute atomic E-state index is 6.72. The molecule has 1 unspecified atom stereocenters. The molecule has 0 bridgehead atoms. The van der Waals surface area contributed by atoms with E-state index in [1.54, 1.807) is 0 Å². The van der Waals surface area contributed by atoms with Crippen LogP contribution in [0.4, 0.5) is 5.69 Å². The zero-order valence-corrected chi connectivity index (χ0v) is 19.4. The van der Waals surface area contributed by atoms with Crippen molar-refractivity contribution in [3.05, 3.63) is 88.3 Å². The largest absolute Gasteiger partial charge is 0.351 e. The summed E-state index contributed by atoms with van der Waals surface area (Å²) in [5.74, 6) is -0.470. The first-order chi connectivity index (χ1) is 16.0. The number of halogens is 1. The number of benzene rings is 2. The smallest absolute Gasteiger partial charge is 0.211 e. The molecule has 0 saturated heterocycles. The van der Waals surface area contributed by atoms with E-state index < -0.39 is 5.79 Å². The number of rotatable bonds is 5. The van der Waals surface area contributed by atoms with Crippen molar-refractivity contribution in [2.45, 2.75) is 38.6 Å². The Morgan fingerprint density at radius 1 is 1.21 bits per heavy atom. The van der Waals surface area contributed by atoms with Gasteiger partial charge in [0.15, 0.2) is 0 Å². The topological polar surface area (TPSA) is 92.3 Å². The highest BCUT2D eigenvalue weighted by Crippen LogP contribution is 2.29. The van der Waals surface area contributed by atoms with Crippen LogP contribution in [-0.4, -0.2) is 22.2 Å². The predicted octanol–water partition coefficient (Wildman–Crippen LogP) is 3.82. The van der Waals surface area contributed by atoms with Gasteiger partial charge in [-0.1, -0.05) is 36.7 Å². The molecule has 8 heteroatoms. The lowest BCUT2D eigenvalue weighted by molar-refractivity contribution is 0.412. The van der Waals surface area contributed by atoms with Crippen LogP contribution in [0, 0.1) is 0 Å². The number of amidine groups is 1. The van der Waals surface area contributed by atoms with Crippen molar-refractivity contribution in [2.75, 3.05) is 11.9 Å². The molecular weight excluding hydrogens is 434 g/mol. The number of hydrogen-bond acceptors (Lipinski definition) is 6. The van der Waals surface area contributed by atoms with Crippen LogP contribution in [0.2, 0.25) is 5.02 Å². The zero-order chi connectivity index (χ0) is 22.8. The molecule has 0 radical (unpaired) electrons. The number of aromatic nitrogens is 2. The Labute approximate surface area is 198 Å². The van der Waals surface area contributed by atoms with Crippen molar-refractivity contribution >= 4 is 28.7 Å². The van der Waals surface area contributed by atoms with Gasteiger partial charge in [-0.2, -0.15) is 5.10 Å². The van der Waals surface area contributed by atoms with Gasteiger partial charge in [-0.15, -0.1) is 0 Å². The Morgan fingerprint density at radius 3 is 2.97 bits per heavy atom. The van der Waals surface area contributed by atoms with Gasteiger partial charge in [0.2, 0.25) is 5.79 Å². The van der Waals surface area contributed by atoms with Crippen LogP contribution in [0.15, 0.2) is 66.1 Å². The summed E-state index contributed by atoms with van der Waals surface area (Å²) in [5, 5.41) is 15.3. The highest BCUT2D eigenvalue weighted by molar-refractivity contribution is 6.30. The van der Waals surface area contributed by atoms with E-state index in [-0.39, 0.29) is 0 Å². The fourth-order valence-electron chi connectivity index (χ4n) is 4.26. The minimum absolute atomic E-state index is 0.613. The number of fused-ring (bicyclic) bond motifs is 1. The standard InChI is InChI=1S/C25H28ClN7/c1-2-10-33-16-19(14-30-33)23-15-29-25(27,20-4-3-5-21(26)12-20)32-24(23)31-22-7-6-17-8-9-28-13-18(17)11-22/h3-7,11-12,14-16,28-29H,2,8-10,13,27H2,1H3,(H,31,32). The van der Waals surface area contributed by atoms with Gasteiger partial charge in [-0.3, -0.25) is 10.4 Å². The van der Waals surface area contributed by atoms with Crippen molar-refractivity contribution in [3.8, 4) is 0 Å². The summed E-state index contributed by atoms with van der Waals surface area (Å²) < 4.78 is 1.94. The number of aliphatic imine (C=N–C) groups is 1. The van der Waals surface area contributed by atoms with Crippen LogP contribution in [0.25, 0.3) is 5.57 Å². The Balaban J connectivity index is 1.52. The number of aryl methyl sites for hydroxylation is 1. The van der Waals surface area contributed by atoms with Gasteiger partial charge in [0.25, 0.3) is 0 Å². The quantitative estimate of drug-likeness (QED) is 0.463. The molecule has 0 spiro atoms. The molecule has 5 N–H and O–H groups in total. The van der Waals surface area contributed by atoms with E-state index in [1.165, 1.54) is 11.1 Å². The van der Waals surface area contributed by atoms with Crippen molar-refractivity contribution in [1.29, 1.82) is 0 Å². The number of nitrogens with zero attached hydrogens (tertiary/aromatic N) is 3. The lowest BCUT2D eigenvalue weighted by Crippen LogP contribution is -2.50. The molecule has 1 aromatic heterocycles. The lowest BCUT2D eigenvalue weighted by atomic mass is 10.00. The maximum Gasteiger partial charge on any atom is 0.211 e. The van der Waals surface area contributed by atoms with E-state index in [2.05, 4.69) is 46.2 Å². The number of hydrogen-bond donors (Lipinski definition) is 4. The first kappa shape index (κ1) is 21.7. The summed E-state index contributed by atoms with van der Waals surface area (Å²) in [6.07, 6.45) is 7.86. The number of nitrogens with one attached hydrogen (secondary N) is 3. The van der Waals surface area contributed by atoms with Crippen molar-refractivity contribution in [3.63, 3.8) is 0 Å². The van der Waals surface area contributed by atoms with Crippen LogP contribution >= 0.6 is 11.6 Å². The molecule has 0 aliphatic carbocycles. The SMILES string of the molecule is CCCn1cc(C2=CNC(N)(c3cccc(Cl)c3)N=C2Nc2ccc3c(c2)CNCC3)cn1. The van der Waals surface area contributed by atoms with E-state index in [0.717, 1.165) is 54.9 Å². The van der Waals surface area contributed by atoms with E-state index >= 15 is 0 Å². The second-order valence-electron chi connectivity index (χ2n) is 8.47. The van der Waals surface area contributed by atoms with Crippen molar-refractivity contribution in [1.82, 2.24) is 20.4 Å². The molecule has 2 aliphatic heterocycles. The lowest BCUT2D eigenvalue weighted by Gasteiger charge is -2.32. The summed E-state index contributed by atoms with van der Waals surface area (Å²) in [4.78, 5) is 4.94. The molecule has 0 amide bonds. The fraction of sp³-hybridized carbons (Fsp3) is 0.280. The molecule has 7 nitrogen and oxygen atoms in total. The summed E-state index contributed by atoms with van der Waals surface area (Å²) in [7, 11) is 0. The van der Waals surface area contributed by atoms with Crippen molar-refractivity contribution in [2.24, 2.45) is 10.7 Å². The minimum Gasteiger partial charge on any atom is -0.351 e. The summed E-state index contributed by atoms with van der Waals surface area (Å²) >= 11 is 6.24. The molecule has 0 saturated carbocycles. The maximum atomic E-state index is 6.72. The van der Waals surface area contributed by atoms with E-state index in [0.29, 0.717) is 10.9 Å². The molecule has 3 aromatic rings. The van der Waals surface area contributed by atoms with Crippen LogP contribution in [0.3, 0.4) is 0 Å². The highest BCUT2D eigenvalue weighted by atomic mass is 35.5. The summed E-state index contributed by atoms with van der Waals surface area (Å²) in [6.45, 7) is 4.88. The van der Waals surface area contributed by atoms with Crippen molar-refractivity contribution < 1.29 is 0 Å². The second kappa shape index (κ2) is 9.02. The Kier molecular flexibility index (Phi) is 5.93. The van der Waals surface area contributed by atoms with E-state index in [1.807, 2.05) is 47.5 Å². The average Bonchev–Trinajstić information content (AvgIpc) is 3.28. The Hall–Kier alpha value is -3.13. The van der Waals surface area contributed by atoms with Crippen LogP contribution < -0.4 is 21.7 Å². The molecule has 33 heavy (non-hydrogen) atoms. The first-order valence-corrected chi connectivity index (χ1v) is 11.7. The third-order valence-electron chi connectivity index (χ3n) is 6.00. The van der Waals surface area contributed by atoms with Gasteiger partial charge in [0, 0.05) is 52.9 Å². The van der Waals surface area contributed by atoms with E-state index in [4.69, 9.17) is 22.3 Å². The van der Waals surface area contributed by atoms with Crippen LogP contribution in [0.1, 0.15) is 35.6 Å². The van der Waals surface area contributed by atoms with Gasteiger partial charge in [-0.05, 0) is 54.8 Å². The first-order valence-electron chi connectivity index (χ1n) is 11.3. The monoisotopic (exact) mass is 461 g/mol. The number of anilines is 1. The Bertz CT molecular complexity index is 1230. The average molecular weight is 462 g/mol.